The van der Waals surface area contributed by atoms with E-state index in [1.807, 2.05) is 6.07 Å². The molecule has 1 aromatic heterocycles. The molecule has 5 heteroatoms. The Labute approximate surface area is 149 Å². The first-order valence-corrected chi connectivity index (χ1v) is 8.38. The van der Waals surface area contributed by atoms with Crippen LogP contribution in [0.4, 0.5) is 5.69 Å². The van der Waals surface area contributed by atoms with E-state index in [1.54, 1.807) is 19.4 Å². The number of hydrogen-bond donors (Lipinski definition) is 2. The molecule has 1 atom stereocenters. The highest BCUT2D eigenvalue weighted by molar-refractivity contribution is 7.80. The number of ether oxygens (including phenoxy) is 1. The average Bonchev–Trinajstić information content (AvgIpc) is 2.54. The monoisotopic (exact) mass is 343 g/mol. The molecule has 128 valence electrons. The smallest absolute Gasteiger partial charge is 0.213 e. The lowest BCUT2D eigenvalue weighted by Crippen LogP contribution is -2.31. The first-order valence-electron chi connectivity index (χ1n) is 7.97. The van der Waals surface area contributed by atoms with Gasteiger partial charge in [0.05, 0.1) is 25.0 Å². The molecule has 0 radical (unpaired) electrons. The number of hydrogen-bond acceptors (Lipinski definition) is 3. The number of benzene rings is 1. The summed E-state index contributed by atoms with van der Waals surface area (Å²) >= 11 is 5.38. The lowest BCUT2D eigenvalue weighted by atomic mass is 9.86. The van der Waals surface area contributed by atoms with Crippen LogP contribution < -0.4 is 15.4 Å². The Balaban J connectivity index is 1.95. The zero-order valence-corrected chi connectivity index (χ0v) is 15.7. The third-order valence-electron chi connectivity index (χ3n) is 3.83. The Morgan fingerprint density at radius 1 is 1.12 bits per heavy atom. The van der Waals surface area contributed by atoms with Gasteiger partial charge >= 0.3 is 0 Å². The standard InChI is InChI=1S/C19H25N3OS/c1-13(14-6-8-15(9-7-14)19(2,3)4)21-18(24)22-16-10-11-17(23-5)20-12-16/h6-13H,1-5H3,(H2,21,22,24). The summed E-state index contributed by atoms with van der Waals surface area (Å²) in [7, 11) is 1.59. The van der Waals surface area contributed by atoms with Crippen molar-refractivity contribution in [1.29, 1.82) is 0 Å². The van der Waals surface area contributed by atoms with Crippen LogP contribution in [0.25, 0.3) is 0 Å². The number of thiocarbonyl (C=S) groups is 1. The fourth-order valence-corrected chi connectivity index (χ4v) is 2.59. The van der Waals surface area contributed by atoms with Crippen LogP contribution in [-0.4, -0.2) is 17.2 Å². The number of nitrogens with zero attached hydrogens (tertiary/aromatic N) is 1. The predicted molar refractivity (Wildman–Crippen MR) is 104 cm³/mol. The van der Waals surface area contributed by atoms with Crippen LogP contribution >= 0.6 is 12.2 Å². The molecule has 0 aliphatic rings. The Bertz CT molecular complexity index is 675. The van der Waals surface area contributed by atoms with Crippen molar-refractivity contribution in [3.63, 3.8) is 0 Å². The van der Waals surface area contributed by atoms with E-state index in [0.717, 1.165) is 5.69 Å². The zero-order valence-electron chi connectivity index (χ0n) is 14.9. The summed E-state index contributed by atoms with van der Waals surface area (Å²) in [5.41, 5.74) is 3.50. The molecule has 1 aromatic carbocycles. The van der Waals surface area contributed by atoms with Gasteiger partial charge in [-0.15, -0.1) is 0 Å². The number of aromatic nitrogens is 1. The molecular weight excluding hydrogens is 318 g/mol. The van der Waals surface area contributed by atoms with Crippen LogP contribution in [-0.2, 0) is 5.41 Å². The summed E-state index contributed by atoms with van der Waals surface area (Å²) in [6.45, 7) is 8.73. The summed E-state index contributed by atoms with van der Waals surface area (Å²) in [5, 5.41) is 6.99. The van der Waals surface area contributed by atoms with E-state index in [4.69, 9.17) is 17.0 Å². The molecule has 1 unspecified atom stereocenters. The molecule has 1 heterocycles. The third kappa shape index (κ3) is 4.93. The summed E-state index contributed by atoms with van der Waals surface area (Å²) < 4.78 is 5.04. The maximum atomic E-state index is 5.38. The van der Waals surface area contributed by atoms with Gasteiger partial charge in [0.15, 0.2) is 5.11 Å². The van der Waals surface area contributed by atoms with Crippen LogP contribution in [0.1, 0.15) is 44.9 Å². The van der Waals surface area contributed by atoms with Crippen molar-refractivity contribution in [2.75, 3.05) is 12.4 Å². The van der Waals surface area contributed by atoms with Gasteiger partial charge in [0.1, 0.15) is 0 Å². The van der Waals surface area contributed by atoms with E-state index >= 15 is 0 Å². The number of anilines is 1. The van der Waals surface area contributed by atoms with Gasteiger partial charge in [-0.05, 0) is 41.7 Å². The van der Waals surface area contributed by atoms with Crippen molar-refractivity contribution in [2.45, 2.75) is 39.2 Å². The molecule has 0 fully saturated rings. The highest BCUT2D eigenvalue weighted by Crippen LogP contribution is 2.24. The van der Waals surface area contributed by atoms with Crippen molar-refractivity contribution >= 4 is 23.0 Å². The summed E-state index contributed by atoms with van der Waals surface area (Å²) in [4.78, 5) is 4.15. The quantitative estimate of drug-likeness (QED) is 0.804. The molecule has 0 spiro atoms. The van der Waals surface area contributed by atoms with Crippen LogP contribution in [0.15, 0.2) is 42.6 Å². The number of pyridine rings is 1. The van der Waals surface area contributed by atoms with Gasteiger partial charge in [-0.1, -0.05) is 45.0 Å². The van der Waals surface area contributed by atoms with E-state index in [9.17, 15) is 0 Å². The van der Waals surface area contributed by atoms with Gasteiger partial charge in [0, 0.05) is 6.07 Å². The number of rotatable bonds is 4. The minimum Gasteiger partial charge on any atom is -0.481 e. The molecule has 4 nitrogen and oxygen atoms in total. The SMILES string of the molecule is COc1ccc(NC(=S)NC(C)c2ccc(C(C)(C)C)cc2)cn1. The van der Waals surface area contributed by atoms with E-state index in [0.29, 0.717) is 11.0 Å². The van der Waals surface area contributed by atoms with Crippen molar-refractivity contribution in [2.24, 2.45) is 0 Å². The maximum absolute atomic E-state index is 5.38. The maximum Gasteiger partial charge on any atom is 0.213 e. The molecule has 0 saturated heterocycles. The van der Waals surface area contributed by atoms with E-state index in [2.05, 4.69) is 67.6 Å². The van der Waals surface area contributed by atoms with Gasteiger partial charge in [0.2, 0.25) is 5.88 Å². The Morgan fingerprint density at radius 2 is 1.79 bits per heavy atom. The minimum absolute atomic E-state index is 0.116. The topological polar surface area (TPSA) is 46.2 Å². The second-order valence-electron chi connectivity index (χ2n) is 6.78. The van der Waals surface area contributed by atoms with E-state index in [-0.39, 0.29) is 11.5 Å². The molecular formula is C19H25N3OS. The lowest BCUT2D eigenvalue weighted by Gasteiger charge is -2.21. The molecule has 0 bridgehead atoms. The fraction of sp³-hybridized carbons (Fsp3) is 0.368. The van der Waals surface area contributed by atoms with Crippen molar-refractivity contribution in [1.82, 2.24) is 10.3 Å². The van der Waals surface area contributed by atoms with Crippen LogP contribution in [0, 0.1) is 0 Å². The fourth-order valence-electron chi connectivity index (χ4n) is 2.29. The van der Waals surface area contributed by atoms with Gasteiger partial charge in [-0.2, -0.15) is 0 Å². The molecule has 2 aromatic rings. The minimum atomic E-state index is 0.116. The largest absolute Gasteiger partial charge is 0.481 e. The lowest BCUT2D eigenvalue weighted by molar-refractivity contribution is 0.398. The van der Waals surface area contributed by atoms with E-state index < -0.39 is 0 Å². The second kappa shape index (κ2) is 7.62. The molecule has 0 saturated carbocycles. The third-order valence-corrected chi connectivity index (χ3v) is 4.05. The highest BCUT2D eigenvalue weighted by atomic mass is 32.1. The van der Waals surface area contributed by atoms with Gasteiger partial charge in [-0.3, -0.25) is 0 Å². The second-order valence-corrected chi connectivity index (χ2v) is 7.19. The van der Waals surface area contributed by atoms with Crippen molar-refractivity contribution < 1.29 is 4.74 Å². The first kappa shape index (κ1) is 18.2. The van der Waals surface area contributed by atoms with Crippen LogP contribution in [0.5, 0.6) is 5.88 Å². The van der Waals surface area contributed by atoms with Crippen LogP contribution in [0.3, 0.4) is 0 Å². The van der Waals surface area contributed by atoms with Crippen molar-refractivity contribution in [3.8, 4) is 5.88 Å². The number of methoxy groups -OCH3 is 1. The average molecular weight is 343 g/mol. The van der Waals surface area contributed by atoms with E-state index in [1.165, 1.54) is 11.1 Å². The molecule has 2 N–H and O–H groups in total. The normalized spacial score (nSPS) is 12.4. The van der Waals surface area contributed by atoms with Gasteiger partial charge in [0.25, 0.3) is 0 Å². The summed E-state index contributed by atoms with van der Waals surface area (Å²) in [5.74, 6) is 0.576. The first-order chi connectivity index (χ1) is 11.3. The Morgan fingerprint density at radius 3 is 2.29 bits per heavy atom. The van der Waals surface area contributed by atoms with Gasteiger partial charge < -0.3 is 15.4 Å². The predicted octanol–water partition coefficient (Wildman–Crippen LogP) is 4.44. The molecule has 0 aliphatic carbocycles. The van der Waals surface area contributed by atoms with Crippen molar-refractivity contribution in [3.05, 3.63) is 53.7 Å². The van der Waals surface area contributed by atoms with Gasteiger partial charge in [-0.25, -0.2) is 4.98 Å². The highest BCUT2D eigenvalue weighted by Gasteiger charge is 2.14. The molecule has 0 amide bonds. The zero-order chi connectivity index (χ0) is 17.7. The summed E-state index contributed by atoms with van der Waals surface area (Å²) in [6.07, 6.45) is 1.69. The Kier molecular flexibility index (Phi) is 5.78. The van der Waals surface area contributed by atoms with Crippen LogP contribution in [0.2, 0.25) is 0 Å². The molecule has 2 rings (SSSR count). The Hall–Kier alpha value is -2.14. The number of nitrogens with one attached hydrogen (secondary N) is 2. The molecule has 0 aliphatic heterocycles. The molecule has 24 heavy (non-hydrogen) atoms. The summed E-state index contributed by atoms with van der Waals surface area (Å²) in [6, 6.07) is 12.4.